The van der Waals surface area contributed by atoms with Gasteiger partial charge in [-0.05, 0) is 63.7 Å². The molecule has 0 radical (unpaired) electrons. The first-order valence-electron chi connectivity index (χ1n) is 9.74. The molecule has 2 saturated carbocycles. The predicted molar refractivity (Wildman–Crippen MR) is 95.0 cm³/mol. The van der Waals surface area contributed by atoms with Crippen LogP contribution in [-0.2, 0) is 11.3 Å². The number of hydrogen-bond acceptors (Lipinski definition) is 3. The van der Waals surface area contributed by atoms with E-state index in [0.29, 0.717) is 18.4 Å². The quantitative estimate of drug-likeness (QED) is 0.778. The molecule has 4 bridgehead atoms. The van der Waals surface area contributed by atoms with Gasteiger partial charge in [0, 0.05) is 25.0 Å². The highest BCUT2D eigenvalue weighted by Gasteiger charge is 2.58. The lowest BCUT2D eigenvalue weighted by Crippen LogP contribution is -2.68. The predicted octanol–water partition coefficient (Wildman–Crippen LogP) is 2.97. The van der Waals surface area contributed by atoms with Gasteiger partial charge < -0.3 is 19.9 Å². The zero-order valence-electron chi connectivity index (χ0n) is 15.4. The lowest BCUT2D eigenvalue weighted by atomic mass is 9.59. The Morgan fingerprint density at radius 2 is 2.12 bits per heavy atom. The normalized spacial score (nSPS) is 35.8. The van der Waals surface area contributed by atoms with Crippen LogP contribution < -0.4 is 10.6 Å². The summed E-state index contributed by atoms with van der Waals surface area (Å²) in [6.07, 6.45) is 11.3. The molecule has 3 heterocycles. The molecule has 4 aliphatic rings. The van der Waals surface area contributed by atoms with E-state index >= 15 is 0 Å². The first-order chi connectivity index (χ1) is 12.0. The Kier molecular flexibility index (Phi) is 4.26. The number of carbonyl (C=O) groups is 1. The summed E-state index contributed by atoms with van der Waals surface area (Å²) in [5.41, 5.74) is 0.734. The van der Waals surface area contributed by atoms with Gasteiger partial charge in [0.25, 0.3) is 0 Å². The van der Waals surface area contributed by atoms with Gasteiger partial charge in [0.05, 0.1) is 11.9 Å². The van der Waals surface area contributed by atoms with Crippen molar-refractivity contribution in [1.82, 2.24) is 20.2 Å². The fourth-order valence-corrected chi connectivity index (χ4v) is 5.49. The number of nitrogens with one attached hydrogen (secondary N) is 2. The van der Waals surface area contributed by atoms with Crippen LogP contribution in [0.3, 0.4) is 0 Å². The molecule has 2 aliphatic heterocycles. The van der Waals surface area contributed by atoms with Crippen molar-refractivity contribution < 1.29 is 9.53 Å². The molecule has 0 aromatic carbocycles. The highest BCUT2D eigenvalue weighted by atomic mass is 16.5. The average Bonchev–Trinajstić information content (AvgIpc) is 2.95. The van der Waals surface area contributed by atoms with Crippen LogP contribution in [0.4, 0.5) is 4.79 Å². The summed E-state index contributed by atoms with van der Waals surface area (Å²) in [5.74, 6) is 1.43. The summed E-state index contributed by atoms with van der Waals surface area (Å²) >= 11 is 0. The van der Waals surface area contributed by atoms with Crippen LogP contribution in [0.5, 0.6) is 0 Å². The van der Waals surface area contributed by atoms with E-state index in [-0.39, 0.29) is 11.6 Å². The van der Waals surface area contributed by atoms with Gasteiger partial charge in [0.15, 0.2) is 0 Å². The second kappa shape index (κ2) is 6.31. The van der Waals surface area contributed by atoms with E-state index in [1.54, 1.807) is 0 Å². The Labute approximate surface area is 149 Å². The van der Waals surface area contributed by atoms with Gasteiger partial charge in [-0.2, -0.15) is 0 Å². The smallest absolute Gasteiger partial charge is 0.317 e. The molecular weight excluding hydrogens is 316 g/mol. The highest BCUT2D eigenvalue weighted by Crippen LogP contribution is 2.57. The minimum Gasteiger partial charge on any atom is -0.349 e. The van der Waals surface area contributed by atoms with E-state index in [0.717, 1.165) is 37.9 Å². The van der Waals surface area contributed by atoms with Gasteiger partial charge in [-0.15, -0.1) is 0 Å². The summed E-state index contributed by atoms with van der Waals surface area (Å²) in [6, 6.07) is -0.0874. The maximum absolute atomic E-state index is 12.4. The third-order valence-electron chi connectivity index (χ3n) is 6.40. The van der Waals surface area contributed by atoms with Crippen LogP contribution in [0.25, 0.3) is 0 Å². The lowest BCUT2D eigenvalue weighted by molar-refractivity contribution is -0.281. The van der Waals surface area contributed by atoms with Crippen LogP contribution in [-0.4, -0.2) is 33.5 Å². The fraction of sp³-hybridized carbons (Fsp3) is 0.789. The van der Waals surface area contributed by atoms with Crippen molar-refractivity contribution in [3.8, 4) is 0 Å². The van der Waals surface area contributed by atoms with Gasteiger partial charge >= 0.3 is 6.03 Å². The SMILES string of the molecule is CCC12CC3CC(C1)CC(NC(=O)NCCCn1cncc1C)(C3)O2. The van der Waals surface area contributed by atoms with Crippen LogP contribution in [0.1, 0.15) is 57.6 Å². The van der Waals surface area contributed by atoms with Crippen molar-refractivity contribution in [3.63, 3.8) is 0 Å². The first kappa shape index (κ1) is 16.9. The van der Waals surface area contributed by atoms with Crippen LogP contribution in [0.2, 0.25) is 0 Å². The average molecular weight is 346 g/mol. The summed E-state index contributed by atoms with van der Waals surface area (Å²) in [4.78, 5) is 16.5. The minimum absolute atomic E-state index is 0.0102. The van der Waals surface area contributed by atoms with Gasteiger partial charge in [-0.3, -0.25) is 0 Å². The Bertz CT molecular complexity index is 627. The number of hydrogen-bond donors (Lipinski definition) is 2. The number of imidazole rings is 1. The Morgan fingerprint density at radius 1 is 1.36 bits per heavy atom. The third kappa shape index (κ3) is 3.28. The molecular formula is C19H30N4O2. The second-order valence-electron chi connectivity index (χ2n) is 8.38. The number of rotatable bonds is 6. The van der Waals surface area contributed by atoms with Crippen LogP contribution >= 0.6 is 0 Å². The largest absolute Gasteiger partial charge is 0.349 e. The van der Waals surface area contributed by atoms with E-state index in [2.05, 4.69) is 27.1 Å². The molecule has 2 N–H and O–H groups in total. The van der Waals surface area contributed by atoms with E-state index in [9.17, 15) is 4.79 Å². The number of aryl methyl sites for hydroxylation is 2. The summed E-state index contributed by atoms with van der Waals surface area (Å²) in [6.45, 7) is 5.79. The van der Waals surface area contributed by atoms with Gasteiger partial charge in [-0.25, -0.2) is 9.78 Å². The molecule has 4 fully saturated rings. The first-order valence-corrected chi connectivity index (χ1v) is 9.74. The maximum atomic E-state index is 12.4. The monoisotopic (exact) mass is 346 g/mol. The number of amides is 2. The summed E-state index contributed by atoms with van der Waals surface area (Å²) in [5, 5.41) is 6.20. The van der Waals surface area contributed by atoms with Crippen LogP contribution in [0, 0.1) is 18.8 Å². The Balaban J connectivity index is 1.28. The molecule has 1 aromatic heterocycles. The second-order valence-corrected chi connectivity index (χ2v) is 8.38. The number of carbonyl (C=O) groups excluding carboxylic acids is 1. The van der Waals surface area contributed by atoms with Crippen LogP contribution in [0.15, 0.2) is 12.5 Å². The third-order valence-corrected chi connectivity index (χ3v) is 6.40. The number of urea groups is 1. The highest BCUT2D eigenvalue weighted by molar-refractivity contribution is 5.74. The van der Waals surface area contributed by atoms with Crippen molar-refractivity contribution in [2.45, 2.75) is 76.7 Å². The van der Waals surface area contributed by atoms with Gasteiger partial charge in [0.1, 0.15) is 5.72 Å². The molecule has 0 spiro atoms. The summed E-state index contributed by atoms with van der Waals surface area (Å²) in [7, 11) is 0. The topological polar surface area (TPSA) is 68.2 Å². The van der Waals surface area contributed by atoms with E-state index in [1.807, 2.05) is 19.4 Å². The molecule has 2 atom stereocenters. The molecule has 138 valence electrons. The molecule has 2 amide bonds. The van der Waals surface area contributed by atoms with Crippen molar-refractivity contribution in [2.24, 2.45) is 11.8 Å². The van der Waals surface area contributed by atoms with E-state index in [1.165, 1.54) is 19.3 Å². The molecule has 5 rings (SSSR count). The Morgan fingerprint density at radius 3 is 2.76 bits per heavy atom. The fourth-order valence-electron chi connectivity index (χ4n) is 5.49. The molecule has 6 heteroatoms. The molecule has 2 saturated heterocycles. The van der Waals surface area contributed by atoms with E-state index in [4.69, 9.17) is 4.74 Å². The minimum atomic E-state index is -0.425. The zero-order valence-corrected chi connectivity index (χ0v) is 15.4. The van der Waals surface area contributed by atoms with E-state index < -0.39 is 5.72 Å². The lowest BCUT2D eigenvalue weighted by Gasteiger charge is -2.61. The summed E-state index contributed by atoms with van der Waals surface area (Å²) < 4.78 is 8.62. The van der Waals surface area contributed by atoms with Crippen molar-refractivity contribution in [1.29, 1.82) is 0 Å². The molecule has 1 aromatic rings. The standard InChI is InChI=1S/C19H30N4O2/c1-3-18-8-15-7-16(9-18)11-19(10-15,25-18)22-17(24)21-5-4-6-23-13-20-12-14(23)2/h12-13,15-16H,3-11H2,1-2H3,(H2,21,22,24). The zero-order chi connectivity index (χ0) is 17.5. The number of nitrogens with zero attached hydrogens (tertiary/aromatic N) is 2. The maximum Gasteiger partial charge on any atom is 0.317 e. The van der Waals surface area contributed by atoms with Crippen molar-refractivity contribution >= 4 is 6.03 Å². The molecule has 25 heavy (non-hydrogen) atoms. The molecule has 2 aliphatic carbocycles. The van der Waals surface area contributed by atoms with Gasteiger partial charge in [0.2, 0.25) is 0 Å². The van der Waals surface area contributed by atoms with Gasteiger partial charge in [-0.1, -0.05) is 6.92 Å². The number of aromatic nitrogens is 2. The Hall–Kier alpha value is -1.56. The van der Waals surface area contributed by atoms with Crippen molar-refractivity contribution in [3.05, 3.63) is 18.2 Å². The number of ether oxygens (including phenoxy) is 1. The van der Waals surface area contributed by atoms with Crippen molar-refractivity contribution in [2.75, 3.05) is 6.54 Å². The molecule has 2 unspecified atom stereocenters. The molecule has 6 nitrogen and oxygen atoms in total.